The third kappa shape index (κ3) is 7.12. The van der Waals surface area contributed by atoms with Crippen LogP contribution in [0.1, 0.15) is 19.4 Å². The maximum absolute atomic E-state index is 11.2. The normalized spacial score (nSPS) is 25.1. The molecular weight excluding hydrogens is 450 g/mol. The van der Waals surface area contributed by atoms with Crippen molar-refractivity contribution in [2.75, 3.05) is 20.2 Å². The van der Waals surface area contributed by atoms with Crippen LogP contribution in [0, 0.1) is 17.3 Å². The van der Waals surface area contributed by atoms with E-state index in [1.165, 1.54) is 16.3 Å². The molecule has 1 aliphatic rings. The Morgan fingerprint density at radius 2 is 1.83 bits per heavy atom. The number of aliphatic hydroxyl groups is 3. The molecule has 3 rings (SSSR count). The quantitative estimate of drug-likeness (QED) is 0.420. The van der Waals surface area contributed by atoms with Gasteiger partial charge < -0.3 is 29.9 Å². The summed E-state index contributed by atoms with van der Waals surface area (Å²) < 4.78 is 10.6. The molecule has 2 aromatic carbocycles. The summed E-state index contributed by atoms with van der Waals surface area (Å²) >= 11 is 0. The smallest absolute Gasteiger partial charge is 0.335 e. The Balaban J connectivity index is 1.50. The molecule has 0 radical (unpaired) electrons. The van der Waals surface area contributed by atoms with E-state index in [2.05, 4.69) is 47.1 Å². The molecule has 8 heteroatoms. The first-order valence-corrected chi connectivity index (χ1v) is 11.5. The lowest BCUT2D eigenvalue weighted by Crippen LogP contribution is -2.60. The van der Waals surface area contributed by atoms with Crippen molar-refractivity contribution in [3.8, 4) is 11.8 Å². The topological polar surface area (TPSA) is 120 Å². The monoisotopic (exact) mass is 483 g/mol. The molecule has 0 amide bonds. The average molecular weight is 484 g/mol. The number of nitrogens with zero attached hydrogens (tertiary/aromatic N) is 1. The summed E-state index contributed by atoms with van der Waals surface area (Å²) in [6.07, 6.45) is -4.37. The van der Waals surface area contributed by atoms with Crippen LogP contribution in [0.3, 0.4) is 0 Å². The predicted octanol–water partition coefficient (Wildman–Crippen LogP) is 1.77. The number of carbonyl (C=O) groups is 1. The van der Waals surface area contributed by atoms with E-state index in [9.17, 15) is 20.1 Å². The van der Waals surface area contributed by atoms with Crippen molar-refractivity contribution >= 4 is 16.7 Å². The average Bonchev–Trinajstić information content (AvgIpc) is 2.82. The number of fused-ring (bicyclic) bond motifs is 1. The third-order valence-electron chi connectivity index (χ3n) is 5.77. The molecule has 1 fully saturated rings. The second-order valence-electron chi connectivity index (χ2n) is 9.44. The summed E-state index contributed by atoms with van der Waals surface area (Å²) in [5, 5.41) is 41.3. The molecule has 1 saturated heterocycles. The molecule has 0 bridgehead atoms. The second kappa shape index (κ2) is 11.8. The molecule has 35 heavy (non-hydrogen) atoms. The van der Waals surface area contributed by atoms with E-state index in [1.807, 2.05) is 39.1 Å². The van der Waals surface area contributed by atoms with Crippen LogP contribution < -0.4 is 0 Å². The number of aliphatic carboxylic acids is 1. The summed E-state index contributed by atoms with van der Waals surface area (Å²) in [6.45, 7) is 5.20. The number of aliphatic hydroxyl groups excluding tert-OH is 3. The number of benzene rings is 2. The van der Waals surface area contributed by atoms with Crippen LogP contribution in [0.2, 0.25) is 0 Å². The van der Waals surface area contributed by atoms with E-state index in [1.54, 1.807) is 6.08 Å². The van der Waals surface area contributed by atoms with Crippen molar-refractivity contribution < 1.29 is 34.7 Å². The molecular formula is C27H33NO7. The fourth-order valence-corrected chi connectivity index (χ4v) is 3.83. The van der Waals surface area contributed by atoms with Crippen LogP contribution in [-0.4, -0.2) is 82.2 Å². The van der Waals surface area contributed by atoms with Gasteiger partial charge in [-0.25, -0.2) is 4.79 Å². The number of hydrogen-bond acceptors (Lipinski definition) is 7. The molecule has 0 aromatic heterocycles. The van der Waals surface area contributed by atoms with Crippen LogP contribution >= 0.6 is 0 Å². The number of allylic oxidation sites excluding steroid dienone is 1. The van der Waals surface area contributed by atoms with Gasteiger partial charge in [-0.05, 0) is 43.3 Å². The van der Waals surface area contributed by atoms with Crippen LogP contribution in [0.4, 0.5) is 0 Å². The van der Waals surface area contributed by atoms with Crippen LogP contribution in [0.5, 0.6) is 0 Å². The molecule has 188 valence electrons. The molecule has 5 atom stereocenters. The van der Waals surface area contributed by atoms with Crippen molar-refractivity contribution in [2.45, 2.75) is 51.1 Å². The summed E-state index contributed by atoms with van der Waals surface area (Å²) in [4.78, 5) is 13.4. The highest BCUT2D eigenvalue weighted by Crippen LogP contribution is 2.25. The molecule has 0 spiro atoms. The Labute approximate surface area is 205 Å². The van der Waals surface area contributed by atoms with Crippen LogP contribution in [0.15, 0.2) is 54.6 Å². The number of rotatable bonds is 8. The molecule has 1 aliphatic heterocycles. The van der Waals surface area contributed by atoms with Gasteiger partial charge in [0.25, 0.3) is 0 Å². The van der Waals surface area contributed by atoms with Crippen molar-refractivity contribution in [1.82, 2.24) is 4.90 Å². The number of likely N-dealkylation sites (N-methyl/N-ethyl adjacent to an activating group) is 1. The predicted molar refractivity (Wildman–Crippen MR) is 131 cm³/mol. The molecule has 0 saturated carbocycles. The van der Waals surface area contributed by atoms with Gasteiger partial charge in [-0.3, -0.25) is 4.90 Å². The molecule has 0 aliphatic carbocycles. The highest BCUT2D eigenvalue weighted by Gasteiger charge is 2.47. The zero-order valence-corrected chi connectivity index (χ0v) is 20.2. The number of ether oxygens (including phenoxy) is 2. The van der Waals surface area contributed by atoms with Gasteiger partial charge in [-0.1, -0.05) is 60.4 Å². The number of carboxylic acids is 1. The molecule has 2 aromatic rings. The number of hydrogen-bond donors (Lipinski definition) is 4. The van der Waals surface area contributed by atoms with Crippen molar-refractivity contribution in [3.63, 3.8) is 0 Å². The van der Waals surface area contributed by atoms with Crippen molar-refractivity contribution in [2.24, 2.45) is 5.41 Å². The largest absolute Gasteiger partial charge is 0.479 e. The Morgan fingerprint density at radius 1 is 1.11 bits per heavy atom. The van der Waals surface area contributed by atoms with Crippen LogP contribution in [0.25, 0.3) is 10.8 Å². The van der Waals surface area contributed by atoms with E-state index < -0.39 is 42.1 Å². The first kappa shape index (κ1) is 26.8. The van der Waals surface area contributed by atoms with Crippen molar-refractivity contribution in [1.29, 1.82) is 0 Å². The van der Waals surface area contributed by atoms with E-state index in [0.29, 0.717) is 6.54 Å². The Bertz CT molecular complexity index is 1100. The minimum absolute atomic E-state index is 0.0195. The zero-order valence-electron chi connectivity index (χ0n) is 20.2. The second-order valence-corrected chi connectivity index (χ2v) is 9.44. The van der Waals surface area contributed by atoms with Gasteiger partial charge >= 0.3 is 5.97 Å². The lowest BCUT2D eigenvalue weighted by molar-refractivity contribution is -0.297. The van der Waals surface area contributed by atoms with Gasteiger partial charge in [0.2, 0.25) is 0 Å². The summed E-state index contributed by atoms with van der Waals surface area (Å²) in [5.41, 5.74) is 0.625. The highest BCUT2D eigenvalue weighted by atomic mass is 16.7. The summed E-state index contributed by atoms with van der Waals surface area (Å²) in [7, 11) is 2.04. The summed E-state index contributed by atoms with van der Waals surface area (Å²) in [6, 6.07) is 14.6. The maximum atomic E-state index is 11.2. The van der Waals surface area contributed by atoms with Crippen LogP contribution in [-0.2, 0) is 20.8 Å². The maximum Gasteiger partial charge on any atom is 0.335 e. The zero-order chi connectivity index (χ0) is 25.6. The van der Waals surface area contributed by atoms with E-state index >= 15 is 0 Å². The van der Waals surface area contributed by atoms with Crippen molar-refractivity contribution in [3.05, 3.63) is 60.2 Å². The fourth-order valence-electron chi connectivity index (χ4n) is 3.83. The van der Waals surface area contributed by atoms with Gasteiger partial charge in [0, 0.05) is 18.5 Å². The third-order valence-corrected chi connectivity index (χ3v) is 5.77. The lowest BCUT2D eigenvalue weighted by atomic mass is 9.95. The summed E-state index contributed by atoms with van der Waals surface area (Å²) in [5.74, 6) is 4.61. The first-order chi connectivity index (χ1) is 16.6. The standard InChI is InChI=1S/C27H33NO7/c1-27(2,17-34-26-23(31)21(29)22(30)24(35-26)25(32)33)14-7-4-8-15-28(3)16-19-12-9-11-18-10-5-6-13-20(18)19/h4-6,8-13,21-24,26,29-31H,15-17H2,1-3H3,(H,32,33)/b8-4+/t21-,22-,23+,24-,26?/m0/s1. The van der Waals surface area contributed by atoms with Gasteiger partial charge in [-0.15, -0.1) is 0 Å². The molecule has 1 unspecified atom stereocenters. The highest BCUT2D eigenvalue weighted by molar-refractivity contribution is 5.85. The van der Waals surface area contributed by atoms with Gasteiger partial charge in [-0.2, -0.15) is 0 Å². The van der Waals surface area contributed by atoms with Gasteiger partial charge in [0.05, 0.1) is 6.61 Å². The van der Waals surface area contributed by atoms with Gasteiger partial charge in [0.15, 0.2) is 12.4 Å². The van der Waals surface area contributed by atoms with E-state index in [-0.39, 0.29) is 6.61 Å². The SMILES string of the molecule is CN(C/C=C/C#CC(C)(C)COC1O[C@H](C(=O)O)[C@@H](O)[C@H](O)[C@H]1O)Cc1cccc2ccccc12. The minimum atomic E-state index is -1.75. The van der Waals surface area contributed by atoms with E-state index in [0.717, 1.165) is 6.54 Å². The minimum Gasteiger partial charge on any atom is -0.479 e. The lowest BCUT2D eigenvalue weighted by Gasteiger charge is -2.39. The fraction of sp³-hybridized carbons (Fsp3) is 0.444. The Kier molecular flexibility index (Phi) is 9.03. The molecule has 1 heterocycles. The Morgan fingerprint density at radius 3 is 2.57 bits per heavy atom. The van der Waals surface area contributed by atoms with E-state index in [4.69, 9.17) is 14.6 Å². The molecule has 8 nitrogen and oxygen atoms in total. The van der Waals surface area contributed by atoms with Gasteiger partial charge in [0.1, 0.15) is 18.3 Å². The Hall–Kier alpha value is -2.77. The molecule has 4 N–H and O–H groups in total. The number of carboxylic acid groups (broad SMARTS) is 1. The first-order valence-electron chi connectivity index (χ1n) is 11.5.